The third-order valence-corrected chi connectivity index (χ3v) is 9.03. The maximum atomic E-state index is 12.3. The Bertz CT molecular complexity index is 1600. The molecule has 2 heterocycles. The van der Waals surface area contributed by atoms with E-state index in [4.69, 9.17) is 14.7 Å². The highest BCUT2D eigenvalue weighted by Crippen LogP contribution is 2.40. The van der Waals surface area contributed by atoms with Gasteiger partial charge in [-0.15, -0.1) is 0 Å². The first-order chi connectivity index (χ1) is 19.7. The molecule has 0 bridgehead atoms. The fourth-order valence-electron chi connectivity index (χ4n) is 5.93. The molecule has 1 saturated carbocycles. The SMILES string of the molecule is COC(=O)c1ccc2c(c1)nc(-c1cccc3nc(NCCCc4ccccc4)sc13)n2C1CCCCCCC1. The molecule has 0 saturated heterocycles. The number of nitrogens with zero attached hydrogens (tertiary/aromatic N) is 3. The van der Waals surface area contributed by atoms with Crippen molar-refractivity contribution >= 4 is 43.7 Å². The highest BCUT2D eigenvalue weighted by Gasteiger charge is 2.24. The fraction of sp³-hybridized carbons (Fsp3) is 0.364. The van der Waals surface area contributed by atoms with E-state index in [1.807, 2.05) is 18.2 Å². The number of methoxy groups -OCH3 is 1. The van der Waals surface area contributed by atoms with Crippen molar-refractivity contribution in [3.8, 4) is 11.4 Å². The Morgan fingerprint density at radius 1 is 0.950 bits per heavy atom. The lowest BCUT2D eigenvalue weighted by Crippen LogP contribution is -2.12. The van der Waals surface area contributed by atoms with Crippen LogP contribution in [0.4, 0.5) is 5.13 Å². The molecule has 6 rings (SSSR count). The molecule has 0 unspecified atom stereocenters. The predicted molar refractivity (Wildman–Crippen MR) is 164 cm³/mol. The molecule has 1 aliphatic rings. The molecule has 0 radical (unpaired) electrons. The van der Waals surface area contributed by atoms with Crippen molar-refractivity contribution in [2.75, 3.05) is 19.0 Å². The molecule has 7 heteroatoms. The number of fused-ring (bicyclic) bond motifs is 2. The number of aromatic nitrogens is 3. The quantitative estimate of drug-likeness (QED) is 0.155. The Balaban J connectivity index is 1.35. The smallest absolute Gasteiger partial charge is 0.337 e. The highest BCUT2D eigenvalue weighted by molar-refractivity contribution is 7.22. The van der Waals surface area contributed by atoms with E-state index in [2.05, 4.69) is 58.4 Å². The summed E-state index contributed by atoms with van der Waals surface area (Å²) in [5.41, 5.74) is 5.89. The fourth-order valence-corrected chi connectivity index (χ4v) is 6.93. The van der Waals surface area contributed by atoms with E-state index >= 15 is 0 Å². The molecule has 0 spiro atoms. The van der Waals surface area contributed by atoms with Crippen molar-refractivity contribution in [1.29, 1.82) is 0 Å². The van der Waals surface area contributed by atoms with Crippen LogP contribution in [-0.2, 0) is 11.2 Å². The lowest BCUT2D eigenvalue weighted by Gasteiger charge is -2.24. The van der Waals surface area contributed by atoms with E-state index in [0.29, 0.717) is 11.6 Å². The molecule has 40 heavy (non-hydrogen) atoms. The Labute approximate surface area is 239 Å². The molecule has 206 valence electrons. The summed E-state index contributed by atoms with van der Waals surface area (Å²) in [6.45, 7) is 0.876. The predicted octanol–water partition coefficient (Wildman–Crippen LogP) is 8.43. The molecular formula is C33H36N4O2S. The molecular weight excluding hydrogens is 516 g/mol. The van der Waals surface area contributed by atoms with E-state index in [1.165, 1.54) is 44.8 Å². The van der Waals surface area contributed by atoms with E-state index < -0.39 is 0 Å². The number of ether oxygens (including phenoxy) is 1. The average molecular weight is 553 g/mol. The number of carbonyl (C=O) groups excluding carboxylic acids is 1. The molecule has 1 fully saturated rings. The third-order valence-electron chi connectivity index (χ3n) is 7.97. The van der Waals surface area contributed by atoms with Crippen molar-refractivity contribution in [2.45, 2.75) is 63.8 Å². The van der Waals surface area contributed by atoms with Crippen LogP contribution in [0.3, 0.4) is 0 Å². The normalized spacial score (nSPS) is 14.7. The molecule has 1 N–H and O–H groups in total. The lowest BCUT2D eigenvalue weighted by atomic mass is 9.96. The third kappa shape index (κ3) is 5.61. The van der Waals surface area contributed by atoms with Crippen molar-refractivity contribution < 1.29 is 9.53 Å². The second kappa shape index (κ2) is 12.2. The number of imidazole rings is 1. The Morgan fingerprint density at radius 2 is 1.75 bits per heavy atom. The van der Waals surface area contributed by atoms with Crippen LogP contribution < -0.4 is 5.32 Å². The van der Waals surface area contributed by atoms with E-state index in [0.717, 1.165) is 70.0 Å². The molecule has 0 aliphatic heterocycles. The zero-order valence-electron chi connectivity index (χ0n) is 23.1. The van der Waals surface area contributed by atoms with Crippen LogP contribution in [0, 0.1) is 0 Å². The number of benzene rings is 3. The van der Waals surface area contributed by atoms with Gasteiger partial charge in [-0.1, -0.05) is 79.8 Å². The first-order valence-electron chi connectivity index (χ1n) is 14.5. The van der Waals surface area contributed by atoms with Crippen molar-refractivity contribution in [3.05, 3.63) is 77.9 Å². The summed E-state index contributed by atoms with van der Waals surface area (Å²) in [7, 11) is 1.42. The van der Waals surface area contributed by atoms with Crippen molar-refractivity contribution in [3.63, 3.8) is 0 Å². The summed E-state index contributed by atoms with van der Waals surface area (Å²) in [4.78, 5) is 22.4. The number of rotatable bonds is 8. The van der Waals surface area contributed by atoms with Gasteiger partial charge in [0.1, 0.15) is 5.82 Å². The second-order valence-electron chi connectivity index (χ2n) is 10.7. The van der Waals surface area contributed by atoms with Crippen LogP contribution in [0.2, 0.25) is 0 Å². The van der Waals surface area contributed by atoms with Gasteiger partial charge in [0.2, 0.25) is 0 Å². The van der Waals surface area contributed by atoms with E-state index in [-0.39, 0.29) is 5.97 Å². The Morgan fingerprint density at radius 3 is 2.55 bits per heavy atom. The van der Waals surface area contributed by atoms with Crippen molar-refractivity contribution in [2.24, 2.45) is 0 Å². The van der Waals surface area contributed by atoms with Crippen LogP contribution in [0.5, 0.6) is 0 Å². The van der Waals surface area contributed by atoms with E-state index in [1.54, 1.807) is 11.3 Å². The van der Waals surface area contributed by atoms with Crippen LogP contribution >= 0.6 is 11.3 Å². The van der Waals surface area contributed by atoms with Gasteiger partial charge in [-0.25, -0.2) is 14.8 Å². The zero-order chi connectivity index (χ0) is 27.3. The van der Waals surface area contributed by atoms with Crippen LogP contribution in [0.15, 0.2) is 66.7 Å². The molecule has 3 aromatic carbocycles. The summed E-state index contributed by atoms with van der Waals surface area (Å²) >= 11 is 1.70. The van der Waals surface area contributed by atoms with Gasteiger partial charge in [0.05, 0.1) is 33.9 Å². The largest absolute Gasteiger partial charge is 0.465 e. The van der Waals surface area contributed by atoms with Gasteiger partial charge in [0, 0.05) is 18.2 Å². The molecule has 2 aromatic heterocycles. The number of aryl methyl sites for hydroxylation is 1. The first-order valence-corrected chi connectivity index (χ1v) is 15.3. The summed E-state index contributed by atoms with van der Waals surface area (Å²) in [6, 6.07) is 23.1. The van der Waals surface area contributed by atoms with Gasteiger partial charge in [-0.3, -0.25) is 0 Å². The molecule has 6 nitrogen and oxygen atoms in total. The second-order valence-corrected chi connectivity index (χ2v) is 11.7. The number of anilines is 1. The molecule has 0 atom stereocenters. The molecule has 5 aromatic rings. The van der Waals surface area contributed by atoms with Crippen molar-refractivity contribution in [1.82, 2.24) is 14.5 Å². The minimum absolute atomic E-state index is 0.337. The number of carbonyl (C=O) groups is 1. The summed E-state index contributed by atoms with van der Waals surface area (Å²) in [6.07, 6.45) is 10.7. The minimum atomic E-state index is -0.337. The summed E-state index contributed by atoms with van der Waals surface area (Å²) in [5, 5.41) is 4.50. The van der Waals surface area contributed by atoms with E-state index in [9.17, 15) is 4.79 Å². The maximum Gasteiger partial charge on any atom is 0.337 e. The number of esters is 1. The molecule has 1 aliphatic carbocycles. The van der Waals surface area contributed by atoms with Crippen LogP contribution in [0.25, 0.3) is 32.6 Å². The molecule has 0 amide bonds. The number of thiazole rings is 1. The zero-order valence-corrected chi connectivity index (χ0v) is 23.9. The van der Waals surface area contributed by atoms with Gasteiger partial charge >= 0.3 is 5.97 Å². The summed E-state index contributed by atoms with van der Waals surface area (Å²) < 4.78 is 8.58. The van der Waals surface area contributed by atoms with Gasteiger partial charge < -0.3 is 14.6 Å². The number of hydrogen-bond acceptors (Lipinski definition) is 6. The van der Waals surface area contributed by atoms with Gasteiger partial charge in [-0.05, 0) is 61.6 Å². The van der Waals surface area contributed by atoms with Gasteiger partial charge in [-0.2, -0.15) is 0 Å². The maximum absolute atomic E-state index is 12.3. The summed E-state index contributed by atoms with van der Waals surface area (Å²) in [5.74, 6) is 0.629. The first kappa shape index (κ1) is 26.5. The van der Waals surface area contributed by atoms with Gasteiger partial charge in [0.15, 0.2) is 5.13 Å². The Kier molecular flexibility index (Phi) is 8.09. The van der Waals surface area contributed by atoms with Gasteiger partial charge in [0.25, 0.3) is 0 Å². The number of hydrogen-bond donors (Lipinski definition) is 1. The standard InChI is InChI=1S/C33H36N4O2S/c1-39-32(38)24-19-20-29-28(22-24)35-31(37(29)25-15-8-3-2-4-9-16-25)26-17-10-18-27-30(26)40-33(36-27)34-21-11-14-23-12-6-5-7-13-23/h5-7,10,12-13,17-20,22,25H,2-4,8-9,11,14-16,21H2,1H3,(H,34,36). The van der Waals surface area contributed by atoms with Crippen LogP contribution in [-0.4, -0.2) is 34.2 Å². The van der Waals surface area contributed by atoms with Crippen LogP contribution in [0.1, 0.15) is 73.3 Å². The Hall–Kier alpha value is -3.71. The highest BCUT2D eigenvalue weighted by atomic mass is 32.1. The monoisotopic (exact) mass is 552 g/mol. The lowest BCUT2D eigenvalue weighted by molar-refractivity contribution is 0.0601. The minimum Gasteiger partial charge on any atom is -0.465 e. The number of nitrogens with one attached hydrogen (secondary N) is 1. The topological polar surface area (TPSA) is 69.0 Å². The average Bonchev–Trinajstić information content (AvgIpc) is 3.56.